The lowest BCUT2D eigenvalue weighted by Gasteiger charge is -2.14. The number of nitrogens with one attached hydrogen (secondary N) is 1. The summed E-state index contributed by atoms with van der Waals surface area (Å²) in [6, 6.07) is 0.186. The molecule has 1 aromatic heterocycles. The Labute approximate surface area is 111 Å². The summed E-state index contributed by atoms with van der Waals surface area (Å²) in [6.07, 6.45) is 3.92. The third-order valence-electron chi connectivity index (χ3n) is 1.97. The first kappa shape index (κ1) is 13.9. The first-order valence-electron chi connectivity index (χ1n) is 4.73. The molecule has 0 radical (unpaired) electrons. The van der Waals surface area contributed by atoms with E-state index in [9.17, 15) is 4.21 Å². The molecular weight excluding hydrogens is 314 g/mol. The Morgan fingerprint density at radius 1 is 1.62 bits per heavy atom. The predicted octanol–water partition coefficient (Wildman–Crippen LogP) is 2.46. The molecule has 0 bridgehead atoms. The Morgan fingerprint density at radius 3 is 2.94 bits per heavy atom. The molecule has 2 unspecified atom stereocenters. The van der Waals surface area contributed by atoms with Crippen LogP contribution in [0.2, 0.25) is 5.15 Å². The van der Waals surface area contributed by atoms with Crippen LogP contribution in [0.1, 0.15) is 13.3 Å². The lowest BCUT2D eigenvalue weighted by atomic mass is 10.2. The summed E-state index contributed by atoms with van der Waals surface area (Å²) in [7, 11) is -0.764. The van der Waals surface area contributed by atoms with Crippen molar-refractivity contribution in [1.82, 2.24) is 9.97 Å². The molecule has 7 heteroatoms. The standard InChI is InChI=1S/C9H13BrClN3OS/c1-6(3-4-16(2)15)14-9-7(10)8(11)12-5-13-9/h5-6H,3-4H2,1-2H3,(H,12,13,14). The largest absolute Gasteiger partial charge is 0.367 e. The molecule has 1 aromatic rings. The molecule has 2 atom stereocenters. The lowest BCUT2D eigenvalue weighted by Crippen LogP contribution is -2.19. The number of anilines is 1. The van der Waals surface area contributed by atoms with Crippen molar-refractivity contribution in [3.8, 4) is 0 Å². The molecule has 90 valence electrons. The minimum absolute atomic E-state index is 0.186. The number of hydrogen-bond acceptors (Lipinski definition) is 4. The quantitative estimate of drug-likeness (QED) is 0.845. The second-order valence-electron chi connectivity index (χ2n) is 3.44. The van der Waals surface area contributed by atoms with E-state index >= 15 is 0 Å². The van der Waals surface area contributed by atoms with E-state index in [1.165, 1.54) is 6.33 Å². The highest BCUT2D eigenvalue weighted by Gasteiger charge is 2.09. The van der Waals surface area contributed by atoms with Crippen molar-refractivity contribution in [2.45, 2.75) is 19.4 Å². The Bertz CT molecular complexity index is 391. The van der Waals surface area contributed by atoms with Crippen LogP contribution in [0, 0.1) is 0 Å². The second-order valence-corrected chi connectivity index (χ2v) is 6.14. The summed E-state index contributed by atoms with van der Waals surface area (Å²) >= 11 is 9.15. The van der Waals surface area contributed by atoms with Crippen LogP contribution in [-0.2, 0) is 10.8 Å². The molecule has 0 aliphatic rings. The van der Waals surface area contributed by atoms with Gasteiger partial charge in [0.05, 0.1) is 4.47 Å². The molecule has 1 N–H and O–H groups in total. The number of nitrogens with zero attached hydrogens (tertiary/aromatic N) is 2. The van der Waals surface area contributed by atoms with Gasteiger partial charge in [0.1, 0.15) is 17.3 Å². The van der Waals surface area contributed by atoms with Gasteiger partial charge in [-0.1, -0.05) is 11.6 Å². The molecule has 0 saturated carbocycles. The smallest absolute Gasteiger partial charge is 0.148 e. The van der Waals surface area contributed by atoms with Gasteiger partial charge in [0, 0.05) is 28.9 Å². The lowest BCUT2D eigenvalue weighted by molar-refractivity contribution is 0.678. The third-order valence-corrected chi connectivity index (χ3v) is 4.04. The molecule has 0 saturated heterocycles. The summed E-state index contributed by atoms with van der Waals surface area (Å²) in [6.45, 7) is 2.01. The number of halogens is 2. The SMILES string of the molecule is CC(CCS(C)=O)Nc1ncnc(Cl)c1Br. The Morgan fingerprint density at radius 2 is 2.31 bits per heavy atom. The van der Waals surface area contributed by atoms with Crippen LogP contribution >= 0.6 is 27.5 Å². The maximum Gasteiger partial charge on any atom is 0.148 e. The summed E-state index contributed by atoms with van der Waals surface area (Å²) < 4.78 is 11.6. The number of hydrogen-bond donors (Lipinski definition) is 1. The normalized spacial score (nSPS) is 14.5. The fraction of sp³-hybridized carbons (Fsp3) is 0.556. The van der Waals surface area contributed by atoms with Crippen LogP contribution < -0.4 is 5.32 Å². The van der Waals surface area contributed by atoms with Gasteiger partial charge in [0.15, 0.2) is 0 Å². The predicted molar refractivity (Wildman–Crippen MR) is 71.4 cm³/mol. The van der Waals surface area contributed by atoms with E-state index in [-0.39, 0.29) is 6.04 Å². The van der Waals surface area contributed by atoms with Gasteiger partial charge in [-0.05, 0) is 29.3 Å². The zero-order chi connectivity index (χ0) is 12.1. The summed E-state index contributed by atoms with van der Waals surface area (Å²) in [4.78, 5) is 7.92. The first-order valence-corrected chi connectivity index (χ1v) is 7.63. The topological polar surface area (TPSA) is 54.9 Å². The molecule has 0 spiro atoms. The van der Waals surface area contributed by atoms with Crippen molar-refractivity contribution in [1.29, 1.82) is 0 Å². The van der Waals surface area contributed by atoms with Crippen LogP contribution in [0.25, 0.3) is 0 Å². The Kier molecular flexibility index (Phi) is 5.64. The molecule has 4 nitrogen and oxygen atoms in total. The van der Waals surface area contributed by atoms with Crippen molar-refractivity contribution in [3.63, 3.8) is 0 Å². The molecule has 0 amide bonds. The minimum atomic E-state index is -0.764. The summed E-state index contributed by atoms with van der Waals surface area (Å²) in [5, 5.41) is 3.57. The average molecular weight is 327 g/mol. The van der Waals surface area contributed by atoms with E-state index < -0.39 is 10.8 Å². The van der Waals surface area contributed by atoms with Gasteiger partial charge >= 0.3 is 0 Å². The maximum atomic E-state index is 10.9. The second kappa shape index (κ2) is 6.51. The fourth-order valence-corrected chi connectivity index (χ4v) is 2.24. The highest BCUT2D eigenvalue weighted by atomic mass is 79.9. The van der Waals surface area contributed by atoms with Crippen molar-refractivity contribution < 1.29 is 4.21 Å². The van der Waals surface area contributed by atoms with E-state index in [0.717, 1.165) is 6.42 Å². The Balaban J connectivity index is 2.59. The van der Waals surface area contributed by atoms with Gasteiger partial charge in [-0.3, -0.25) is 4.21 Å². The van der Waals surface area contributed by atoms with Gasteiger partial charge in [0.2, 0.25) is 0 Å². The van der Waals surface area contributed by atoms with Crippen LogP contribution in [0.5, 0.6) is 0 Å². The van der Waals surface area contributed by atoms with Crippen LogP contribution in [0.4, 0.5) is 5.82 Å². The van der Waals surface area contributed by atoms with Gasteiger partial charge in [0.25, 0.3) is 0 Å². The molecule has 0 fully saturated rings. The monoisotopic (exact) mass is 325 g/mol. The molecule has 0 aromatic carbocycles. The van der Waals surface area contributed by atoms with E-state index in [2.05, 4.69) is 31.2 Å². The van der Waals surface area contributed by atoms with Crippen molar-refractivity contribution >= 4 is 44.1 Å². The van der Waals surface area contributed by atoms with Gasteiger partial charge in [-0.25, -0.2) is 9.97 Å². The van der Waals surface area contributed by atoms with E-state index in [1.54, 1.807) is 6.26 Å². The van der Waals surface area contributed by atoms with E-state index in [4.69, 9.17) is 11.6 Å². The zero-order valence-corrected chi connectivity index (χ0v) is 12.2. The number of rotatable bonds is 5. The highest BCUT2D eigenvalue weighted by molar-refractivity contribution is 9.10. The molecule has 16 heavy (non-hydrogen) atoms. The molecule has 0 aliphatic heterocycles. The molecule has 1 heterocycles. The maximum absolute atomic E-state index is 10.9. The molecular formula is C9H13BrClN3OS. The molecule has 0 aliphatic carbocycles. The van der Waals surface area contributed by atoms with Crippen molar-refractivity contribution in [3.05, 3.63) is 16.0 Å². The Hall–Kier alpha value is -0.200. The van der Waals surface area contributed by atoms with Crippen LogP contribution in [-0.4, -0.2) is 32.2 Å². The fourth-order valence-electron chi connectivity index (χ4n) is 1.10. The van der Waals surface area contributed by atoms with Gasteiger partial charge in [-0.15, -0.1) is 0 Å². The highest BCUT2D eigenvalue weighted by Crippen LogP contribution is 2.26. The van der Waals surface area contributed by atoms with Gasteiger partial charge < -0.3 is 5.32 Å². The van der Waals surface area contributed by atoms with Crippen LogP contribution in [0.15, 0.2) is 10.8 Å². The summed E-state index contributed by atoms with van der Waals surface area (Å²) in [5.41, 5.74) is 0. The van der Waals surface area contributed by atoms with E-state index in [1.807, 2.05) is 6.92 Å². The van der Waals surface area contributed by atoms with E-state index in [0.29, 0.717) is 21.2 Å². The van der Waals surface area contributed by atoms with Crippen molar-refractivity contribution in [2.24, 2.45) is 0 Å². The van der Waals surface area contributed by atoms with Crippen molar-refractivity contribution in [2.75, 3.05) is 17.3 Å². The average Bonchev–Trinajstić information content (AvgIpc) is 2.22. The minimum Gasteiger partial charge on any atom is -0.367 e. The summed E-state index contributed by atoms with van der Waals surface area (Å²) in [5.74, 6) is 1.33. The van der Waals surface area contributed by atoms with Crippen LogP contribution in [0.3, 0.4) is 0 Å². The third kappa shape index (κ3) is 4.35. The van der Waals surface area contributed by atoms with Gasteiger partial charge in [-0.2, -0.15) is 0 Å². The zero-order valence-electron chi connectivity index (χ0n) is 9.04. The first-order chi connectivity index (χ1) is 7.50. The molecule has 1 rings (SSSR count). The number of aromatic nitrogens is 2.